The molecule has 0 radical (unpaired) electrons. The van der Waals surface area contributed by atoms with Crippen molar-refractivity contribution < 1.29 is 14.7 Å². The summed E-state index contributed by atoms with van der Waals surface area (Å²) in [6.07, 6.45) is 3.39. The number of aryl methyl sites for hydroxylation is 2. The molecule has 4 heteroatoms. The van der Waals surface area contributed by atoms with Gasteiger partial charge in [-0.2, -0.15) is 0 Å². The van der Waals surface area contributed by atoms with Crippen molar-refractivity contribution in [3.63, 3.8) is 0 Å². The van der Waals surface area contributed by atoms with Gasteiger partial charge in [0.15, 0.2) is 6.04 Å². The molecule has 0 heterocycles. The Bertz CT molecular complexity index is 571. The maximum absolute atomic E-state index is 12.2. The van der Waals surface area contributed by atoms with Gasteiger partial charge in [0.05, 0.1) is 0 Å². The molecule has 1 aromatic carbocycles. The highest BCUT2D eigenvalue weighted by Crippen LogP contribution is 2.54. The molecule has 2 N–H and O–H groups in total. The lowest BCUT2D eigenvalue weighted by Crippen LogP contribution is -2.35. The van der Waals surface area contributed by atoms with E-state index in [1.165, 1.54) is 12.8 Å². The van der Waals surface area contributed by atoms with Gasteiger partial charge >= 0.3 is 5.97 Å². The van der Waals surface area contributed by atoms with Gasteiger partial charge < -0.3 is 10.4 Å². The van der Waals surface area contributed by atoms with Gasteiger partial charge in [0.2, 0.25) is 5.91 Å². The van der Waals surface area contributed by atoms with Gasteiger partial charge in [-0.15, -0.1) is 0 Å². The number of amides is 1. The van der Waals surface area contributed by atoms with Crippen LogP contribution in [0.25, 0.3) is 0 Å². The van der Waals surface area contributed by atoms with E-state index >= 15 is 0 Å². The summed E-state index contributed by atoms with van der Waals surface area (Å²) in [4.78, 5) is 23.7. The fraction of sp³-hybridized carbons (Fsp3) is 0.529. The summed E-state index contributed by atoms with van der Waals surface area (Å²) in [5, 5.41) is 12.2. The molecule has 0 saturated heterocycles. The first-order valence-electron chi connectivity index (χ1n) is 7.57. The molecular formula is C17H21NO3. The molecule has 0 spiro atoms. The molecule has 3 atom stereocenters. The molecule has 2 aliphatic carbocycles. The minimum Gasteiger partial charge on any atom is -0.479 e. The second-order valence-corrected chi connectivity index (χ2v) is 6.54. The fourth-order valence-corrected chi connectivity index (χ4v) is 3.27. The van der Waals surface area contributed by atoms with Crippen LogP contribution in [-0.2, 0) is 9.59 Å². The normalized spacial score (nSPS) is 25.2. The number of carboxylic acids is 1. The molecule has 112 valence electrons. The van der Waals surface area contributed by atoms with Crippen LogP contribution in [0.4, 0.5) is 0 Å². The maximum Gasteiger partial charge on any atom is 0.330 e. The fourth-order valence-electron chi connectivity index (χ4n) is 3.27. The molecule has 1 aromatic rings. The lowest BCUT2D eigenvalue weighted by Gasteiger charge is -2.16. The molecule has 0 aromatic heterocycles. The SMILES string of the molecule is Cc1cc(C)cc(C(NC(=O)C2CC2C2CC2)C(=O)O)c1. The van der Waals surface area contributed by atoms with E-state index in [1.54, 1.807) is 0 Å². The summed E-state index contributed by atoms with van der Waals surface area (Å²) in [6, 6.07) is 4.71. The molecule has 1 amide bonds. The van der Waals surface area contributed by atoms with Crippen molar-refractivity contribution in [1.82, 2.24) is 5.32 Å². The number of carboxylic acid groups (broad SMARTS) is 1. The molecule has 0 bridgehead atoms. The third-order valence-electron chi connectivity index (χ3n) is 4.51. The molecule has 2 aliphatic rings. The van der Waals surface area contributed by atoms with Crippen LogP contribution in [0.5, 0.6) is 0 Å². The van der Waals surface area contributed by atoms with Gasteiger partial charge in [-0.25, -0.2) is 4.79 Å². The van der Waals surface area contributed by atoms with Crippen LogP contribution >= 0.6 is 0 Å². The van der Waals surface area contributed by atoms with Crippen LogP contribution in [0.3, 0.4) is 0 Å². The largest absolute Gasteiger partial charge is 0.479 e. The van der Waals surface area contributed by atoms with E-state index in [9.17, 15) is 14.7 Å². The quantitative estimate of drug-likeness (QED) is 0.874. The average Bonchev–Trinajstić information content (AvgIpc) is 3.25. The van der Waals surface area contributed by atoms with Crippen LogP contribution in [0.1, 0.15) is 42.0 Å². The number of benzene rings is 1. The van der Waals surface area contributed by atoms with Crippen LogP contribution in [-0.4, -0.2) is 17.0 Å². The van der Waals surface area contributed by atoms with Gasteiger partial charge in [-0.05, 0) is 50.5 Å². The monoisotopic (exact) mass is 287 g/mol. The topological polar surface area (TPSA) is 66.4 Å². The number of rotatable bonds is 5. The Morgan fingerprint density at radius 3 is 2.33 bits per heavy atom. The zero-order valence-electron chi connectivity index (χ0n) is 12.4. The van der Waals surface area contributed by atoms with Crippen molar-refractivity contribution in [2.24, 2.45) is 17.8 Å². The summed E-state index contributed by atoms with van der Waals surface area (Å²) in [7, 11) is 0. The Morgan fingerprint density at radius 2 is 1.81 bits per heavy atom. The molecule has 2 saturated carbocycles. The first kappa shape index (κ1) is 14.1. The van der Waals surface area contributed by atoms with Gasteiger partial charge in [0.1, 0.15) is 0 Å². The first-order valence-corrected chi connectivity index (χ1v) is 7.57. The van der Waals surface area contributed by atoms with Gasteiger partial charge in [0.25, 0.3) is 0 Å². The molecule has 3 rings (SSSR count). The van der Waals surface area contributed by atoms with E-state index in [0.717, 1.165) is 17.5 Å². The Morgan fingerprint density at radius 1 is 1.19 bits per heavy atom. The standard InChI is InChI=1S/C17H21NO3/c1-9-5-10(2)7-12(6-9)15(17(20)21)18-16(19)14-8-13(14)11-3-4-11/h5-7,11,13-15H,3-4,8H2,1-2H3,(H,18,19)(H,20,21). The smallest absolute Gasteiger partial charge is 0.330 e. The summed E-state index contributed by atoms with van der Waals surface area (Å²) in [5.41, 5.74) is 2.66. The second-order valence-electron chi connectivity index (χ2n) is 6.54. The highest BCUT2D eigenvalue weighted by molar-refractivity contribution is 5.87. The van der Waals surface area contributed by atoms with E-state index < -0.39 is 12.0 Å². The predicted octanol–water partition coefficient (Wildman–Crippen LogP) is 2.59. The minimum atomic E-state index is -1.00. The summed E-state index contributed by atoms with van der Waals surface area (Å²) < 4.78 is 0. The van der Waals surface area contributed by atoms with E-state index in [-0.39, 0.29) is 11.8 Å². The lowest BCUT2D eigenvalue weighted by atomic mass is 10.0. The molecule has 3 unspecified atom stereocenters. The highest BCUT2D eigenvalue weighted by atomic mass is 16.4. The zero-order valence-corrected chi connectivity index (χ0v) is 12.4. The predicted molar refractivity (Wildman–Crippen MR) is 78.8 cm³/mol. The third-order valence-corrected chi connectivity index (χ3v) is 4.51. The van der Waals surface area contributed by atoms with E-state index in [2.05, 4.69) is 5.32 Å². The van der Waals surface area contributed by atoms with Crippen LogP contribution in [0.2, 0.25) is 0 Å². The number of nitrogens with one attached hydrogen (secondary N) is 1. The van der Waals surface area contributed by atoms with Crippen molar-refractivity contribution >= 4 is 11.9 Å². The highest BCUT2D eigenvalue weighted by Gasteiger charge is 2.51. The van der Waals surface area contributed by atoms with E-state index in [4.69, 9.17) is 0 Å². The van der Waals surface area contributed by atoms with Gasteiger partial charge in [-0.1, -0.05) is 29.3 Å². The van der Waals surface area contributed by atoms with Gasteiger partial charge in [0, 0.05) is 5.92 Å². The second kappa shape index (κ2) is 5.17. The van der Waals surface area contributed by atoms with Crippen molar-refractivity contribution in [2.45, 2.75) is 39.2 Å². The van der Waals surface area contributed by atoms with Crippen LogP contribution < -0.4 is 5.32 Å². The summed E-state index contributed by atoms with van der Waals surface area (Å²) >= 11 is 0. The van der Waals surface area contributed by atoms with E-state index in [1.807, 2.05) is 32.0 Å². The Kier molecular flexibility index (Phi) is 3.47. The maximum atomic E-state index is 12.2. The number of hydrogen-bond acceptors (Lipinski definition) is 2. The number of carbonyl (C=O) groups is 2. The molecule has 4 nitrogen and oxygen atoms in total. The van der Waals surface area contributed by atoms with Gasteiger partial charge in [-0.3, -0.25) is 4.79 Å². The molecule has 0 aliphatic heterocycles. The van der Waals surface area contributed by atoms with Crippen molar-refractivity contribution in [3.8, 4) is 0 Å². The number of hydrogen-bond donors (Lipinski definition) is 2. The minimum absolute atomic E-state index is 0.0326. The van der Waals surface area contributed by atoms with Crippen molar-refractivity contribution in [3.05, 3.63) is 34.9 Å². The summed E-state index contributed by atoms with van der Waals surface area (Å²) in [5.74, 6) is 0.143. The molecule has 2 fully saturated rings. The van der Waals surface area contributed by atoms with E-state index in [0.29, 0.717) is 17.4 Å². The lowest BCUT2D eigenvalue weighted by molar-refractivity contribution is -0.142. The van der Waals surface area contributed by atoms with Crippen molar-refractivity contribution in [2.75, 3.05) is 0 Å². The average molecular weight is 287 g/mol. The Labute approximate surface area is 124 Å². The van der Waals surface area contributed by atoms with Crippen LogP contribution in [0.15, 0.2) is 18.2 Å². The molecular weight excluding hydrogens is 266 g/mol. The van der Waals surface area contributed by atoms with Crippen molar-refractivity contribution in [1.29, 1.82) is 0 Å². The number of aliphatic carboxylic acids is 1. The summed E-state index contributed by atoms with van der Waals surface area (Å²) in [6.45, 7) is 3.86. The Balaban J connectivity index is 1.72. The first-order chi connectivity index (χ1) is 9.95. The molecule has 21 heavy (non-hydrogen) atoms. The zero-order chi connectivity index (χ0) is 15.1. The third kappa shape index (κ3) is 3.09. The number of carbonyl (C=O) groups excluding carboxylic acids is 1. The Hall–Kier alpha value is -1.84. The van der Waals surface area contributed by atoms with Crippen LogP contribution in [0, 0.1) is 31.6 Å².